The number of anilines is 1. The van der Waals surface area contributed by atoms with Crippen LogP contribution in [0.15, 0.2) is 24.3 Å². The van der Waals surface area contributed by atoms with Gasteiger partial charge < -0.3 is 10.2 Å². The van der Waals surface area contributed by atoms with Gasteiger partial charge in [0, 0.05) is 24.7 Å². The van der Waals surface area contributed by atoms with E-state index in [1.165, 1.54) is 0 Å². The standard InChI is InChI=1S/C16H23N3O/c1-4-5-13(2)19(3)11-10-16(20)18-15-8-6-14(12-17)7-9-15/h6-9,13H,4-5,10-11H2,1-3H3,(H,18,20). The molecule has 1 rings (SSSR count). The van der Waals surface area contributed by atoms with E-state index >= 15 is 0 Å². The van der Waals surface area contributed by atoms with Crippen LogP contribution in [0.5, 0.6) is 0 Å². The van der Waals surface area contributed by atoms with Gasteiger partial charge in [-0.1, -0.05) is 13.3 Å². The van der Waals surface area contributed by atoms with E-state index in [-0.39, 0.29) is 5.91 Å². The summed E-state index contributed by atoms with van der Waals surface area (Å²) in [6, 6.07) is 9.45. The van der Waals surface area contributed by atoms with E-state index < -0.39 is 0 Å². The highest BCUT2D eigenvalue weighted by Gasteiger charge is 2.10. The fourth-order valence-electron chi connectivity index (χ4n) is 1.99. The number of benzene rings is 1. The molecule has 0 radical (unpaired) electrons. The lowest BCUT2D eigenvalue weighted by Crippen LogP contribution is -2.31. The Labute approximate surface area is 121 Å². The smallest absolute Gasteiger partial charge is 0.225 e. The van der Waals surface area contributed by atoms with Gasteiger partial charge in [-0.25, -0.2) is 0 Å². The Morgan fingerprint density at radius 3 is 2.60 bits per heavy atom. The maximum absolute atomic E-state index is 11.8. The van der Waals surface area contributed by atoms with Crippen LogP contribution in [-0.4, -0.2) is 30.4 Å². The monoisotopic (exact) mass is 273 g/mol. The Morgan fingerprint density at radius 1 is 1.40 bits per heavy atom. The number of carbonyl (C=O) groups is 1. The Kier molecular flexibility index (Phi) is 6.75. The number of rotatable bonds is 7. The number of hydrogen-bond donors (Lipinski definition) is 1. The van der Waals surface area contributed by atoms with Crippen molar-refractivity contribution in [2.24, 2.45) is 0 Å². The highest BCUT2D eigenvalue weighted by atomic mass is 16.1. The zero-order chi connectivity index (χ0) is 15.0. The van der Waals surface area contributed by atoms with E-state index in [9.17, 15) is 4.79 Å². The summed E-state index contributed by atoms with van der Waals surface area (Å²) in [5.41, 5.74) is 1.33. The van der Waals surface area contributed by atoms with Crippen molar-refractivity contribution in [2.45, 2.75) is 39.2 Å². The number of nitrogens with zero attached hydrogens (tertiary/aromatic N) is 2. The van der Waals surface area contributed by atoms with Crippen molar-refractivity contribution in [3.63, 3.8) is 0 Å². The maximum atomic E-state index is 11.8. The van der Waals surface area contributed by atoms with Gasteiger partial charge in [-0.3, -0.25) is 4.79 Å². The molecule has 0 spiro atoms. The number of nitriles is 1. The van der Waals surface area contributed by atoms with Gasteiger partial charge in [0.15, 0.2) is 0 Å². The van der Waals surface area contributed by atoms with Gasteiger partial charge in [-0.15, -0.1) is 0 Å². The SMILES string of the molecule is CCCC(C)N(C)CCC(=O)Nc1ccc(C#N)cc1. The molecule has 0 aliphatic rings. The lowest BCUT2D eigenvalue weighted by atomic mass is 10.1. The predicted octanol–water partition coefficient (Wildman–Crippen LogP) is 3.01. The molecule has 108 valence electrons. The van der Waals surface area contributed by atoms with Crippen molar-refractivity contribution in [2.75, 3.05) is 18.9 Å². The molecule has 0 heterocycles. The van der Waals surface area contributed by atoms with Crippen LogP contribution in [0.25, 0.3) is 0 Å². The quantitative estimate of drug-likeness (QED) is 0.831. The van der Waals surface area contributed by atoms with E-state index in [1.54, 1.807) is 24.3 Å². The van der Waals surface area contributed by atoms with Crippen LogP contribution in [0.3, 0.4) is 0 Å². The molecule has 1 aromatic carbocycles. The first-order valence-electron chi connectivity index (χ1n) is 7.07. The highest BCUT2D eigenvalue weighted by molar-refractivity contribution is 5.90. The lowest BCUT2D eigenvalue weighted by molar-refractivity contribution is -0.116. The van der Waals surface area contributed by atoms with Crippen LogP contribution < -0.4 is 5.32 Å². The third kappa shape index (κ3) is 5.41. The number of hydrogen-bond acceptors (Lipinski definition) is 3. The lowest BCUT2D eigenvalue weighted by Gasteiger charge is -2.23. The van der Waals surface area contributed by atoms with Gasteiger partial charge in [0.1, 0.15) is 0 Å². The second kappa shape index (κ2) is 8.34. The number of nitrogens with one attached hydrogen (secondary N) is 1. The summed E-state index contributed by atoms with van der Waals surface area (Å²) in [7, 11) is 2.05. The van der Waals surface area contributed by atoms with Crippen molar-refractivity contribution in [1.82, 2.24) is 4.90 Å². The molecule has 4 heteroatoms. The second-order valence-electron chi connectivity index (χ2n) is 5.11. The molecular formula is C16H23N3O. The van der Waals surface area contributed by atoms with E-state index in [4.69, 9.17) is 5.26 Å². The topological polar surface area (TPSA) is 56.1 Å². The fraction of sp³-hybridized carbons (Fsp3) is 0.500. The van der Waals surface area contributed by atoms with Crippen LogP contribution in [0.1, 0.15) is 38.7 Å². The van der Waals surface area contributed by atoms with E-state index in [0.717, 1.165) is 25.1 Å². The average molecular weight is 273 g/mol. The largest absolute Gasteiger partial charge is 0.326 e. The van der Waals surface area contributed by atoms with Crippen molar-refractivity contribution in [3.05, 3.63) is 29.8 Å². The molecule has 4 nitrogen and oxygen atoms in total. The molecule has 1 amide bonds. The zero-order valence-electron chi connectivity index (χ0n) is 12.5. The molecule has 0 saturated carbocycles. The van der Waals surface area contributed by atoms with Crippen LogP contribution in [0.2, 0.25) is 0 Å². The first kappa shape index (κ1) is 16.2. The summed E-state index contributed by atoms with van der Waals surface area (Å²) < 4.78 is 0. The van der Waals surface area contributed by atoms with Gasteiger partial charge in [0.25, 0.3) is 0 Å². The molecule has 0 aliphatic heterocycles. The minimum absolute atomic E-state index is 0.00487. The third-order valence-electron chi connectivity index (χ3n) is 3.45. The maximum Gasteiger partial charge on any atom is 0.225 e. The molecule has 20 heavy (non-hydrogen) atoms. The highest BCUT2D eigenvalue weighted by Crippen LogP contribution is 2.10. The molecule has 0 fully saturated rings. The van der Waals surface area contributed by atoms with Crippen molar-refractivity contribution < 1.29 is 4.79 Å². The Balaban J connectivity index is 2.38. The molecule has 0 aromatic heterocycles. The summed E-state index contributed by atoms with van der Waals surface area (Å²) in [5.74, 6) is 0.00487. The Hall–Kier alpha value is -1.86. The van der Waals surface area contributed by atoms with E-state index in [1.807, 2.05) is 0 Å². The fourth-order valence-corrected chi connectivity index (χ4v) is 1.99. The van der Waals surface area contributed by atoms with Crippen LogP contribution in [0, 0.1) is 11.3 Å². The summed E-state index contributed by atoms with van der Waals surface area (Å²) in [6.45, 7) is 5.10. The van der Waals surface area contributed by atoms with Crippen molar-refractivity contribution in [1.29, 1.82) is 5.26 Å². The molecule has 0 saturated heterocycles. The normalized spacial score (nSPS) is 11.9. The summed E-state index contributed by atoms with van der Waals surface area (Å²) >= 11 is 0. The molecular weight excluding hydrogens is 250 g/mol. The summed E-state index contributed by atoms with van der Waals surface area (Å²) in [6.07, 6.45) is 2.78. The first-order chi connectivity index (χ1) is 9.56. The predicted molar refractivity (Wildman–Crippen MR) is 81.4 cm³/mol. The Bertz CT molecular complexity index is 462. The van der Waals surface area contributed by atoms with Gasteiger partial charge in [-0.05, 0) is 44.7 Å². The summed E-state index contributed by atoms with van der Waals surface area (Å²) in [4.78, 5) is 14.1. The van der Waals surface area contributed by atoms with E-state index in [2.05, 4.69) is 37.2 Å². The van der Waals surface area contributed by atoms with Gasteiger partial charge in [0.05, 0.1) is 11.6 Å². The molecule has 1 aromatic rings. The zero-order valence-corrected chi connectivity index (χ0v) is 12.5. The summed E-state index contributed by atoms with van der Waals surface area (Å²) in [5, 5.41) is 11.6. The van der Waals surface area contributed by atoms with Crippen LogP contribution in [0.4, 0.5) is 5.69 Å². The number of amides is 1. The first-order valence-corrected chi connectivity index (χ1v) is 7.07. The minimum Gasteiger partial charge on any atom is -0.326 e. The Morgan fingerprint density at radius 2 is 2.05 bits per heavy atom. The van der Waals surface area contributed by atoms with Gasteiger partial charge in [-0.2, -0.15) is 5.26 Å². The minimum atomic E-state index is 0.00487. The van der Waals surface area contributed by atoms with E-state index in [0.29, 0.717) is 18.0 Å². The molecule has 0 aliphatic carbocycles. The van der Waals surface area contributed by atoms with Crippen molar-refractivity contribution >= 4 is 11.6 Å². The molecule has 1 atom stereocenters. The van der Waals surface area contributed by atoms with Crippen LogP contribution >= 0.6 is 0 Å². The van der Waals surface area contributed by atoms with Gasteiger partial charge >= 0.3 is 0 Å². The van der Waals surface area contributed by atoms with Gasteiger partial charge in [0.2, 0.25) is 5.91 Å². The molecule has 1 unspecified atom stereocenters. The molecule has 0 bridgehead atoms. The third-order valence-corrected chi connectivity index (χ3v) is 3.45. The number of carbonyl (C=O) groups excluding carboxylic acids is 1. The van der Waals surface area contributed by atoms with Crippen molar-refractivity contribution in [3.8, 4) is 6.07 Å². The average Bonchev–Trinajstić information content (AvgIpc) is 2.45. The second-order valence-corrected chi connectivity index (χ2v) is 5.11. The van der Waals surface area contributed by atoms with Crippen LogP contribution in [-0.2, 0) is 4.79 Å². The molecule has 1 N–H and O–H groups in total.